The minimum Gasteiger partial charge on any atom is -0.473 e. The van der Waals surface area contributed by atoms with Gasteiger partial charge in [0.2, 0.25) is 0 Å². The van der Waals surface area contributed by atoms with Gasteiger partial charge in [-0.2, -0.15) is 0 Å². The number of pyridine rings is 1. The van der Waals surface area contributed by atoms with Crippen molar-refractivity contribution in [2.45, 2.75) is 12.3 Å². The van der Waals surface area contributed by atoms with Crippen molar-refractivity contribution in [1.82, 2.24) is 19.3 Å². The zero-order chi connectivity index (χ0) is 29.2. The summed E-state index contributed by atoms with van der Waals surface area (Å²) in [6.07, 6.45) is 1.70. The minimum atomic E-state index is -1.82. The number of carboxylic acid groups (broad SMARTS) is 2. The Bertz CT molecular complexity index is 1790. The molecule has 5 aromatic rings. The Kier molecular flexibility index (Phi) is 8.08. The van der Waals surface area contributed by atoms with E-state index in [9.17, 15) is 4.79 Å². The second kappa shape index (κ2) is 11.3. The third-order valence-electron chi connectivity index (χ3n) is 6.72. The maximum atomic E-state index is 12.8. The molecule has 0 spiro atoms. The summed E-state index contributed by atoms with van der Waals surface area (Å²) in [5.41, 5.74) is 3.90. The SMILES string of the molecule is Cn1cnnc1C(C)(c1ccc(Cl)cc1)c1ccc2c(c1)c(-c1cccc(Cl)c1)cc(=O)n2C.O=C(O)C(=O)O. The fourth-order valence-electron chi connectivity index (χ4n) is 4.61. The molecule has 1 atom stereocenters. The molecule has 5 rings (SSSR count). The number of hydrogen-bond donors (Lipinski definition) is 2. The maximum absolute atomic E-state index is 12.8. The van der Waals surface area contributed by atoms with Crippen LogP contribution in [-0.4, -0.2) is 41.5 Å². The van der Waals surface area contributed by atoms with Crippen LogP contribution in [0.2, 0.25) is 10.0 Å². The first-order chi connectivity index (χ1) is 18.9. The highest BCUT2D eigenvalue weighted by molar-refractivity contribution is 6.31. The summed E-state index contributed by atoms with van der Waals surface area (Å²) in [6.45, 7) is 2.13. The molecule has 0 bridgehead atoms. The molecule has 0 radical (unpaired) electrons. The first-order valence-corrected chi connectivity index (χ1v) is 12.7. The quantitative estimate of drug-likeness (QED) is 0.282. The summed E-state index contributed by atoms with van der Waals surface area (Å²) in [6, 6.07) is 23.2. The molecular formula is C29H24Cl2N4O5. The Hall–Kier alpha value is -4.47. The Morgan fingerprint density at radius 2 is 1.50 bits per heavy atom. The van der Waals surface area contributed by atoms with Crippen LogP contribution in [0, 0.1) is 0 Å². The van der Waals surface area contributed by atoms with Crippen molar-refractivity contribution in [1.29, 1.82) is 0 Å². The Labute approximate surface area is 238 Å². The van der Waals surface area contributed by atoms with Gasteiger partial charge in [0.05, 0.1) is 10.9 Å². The summed E-state index contributed by atoms with van der Waals surface area (Å²) in [4.78, 5) is 31.0. The number of carbonyl (C=O) groups is 2. The van der Waals surface area contributed by atoms with Gasteiger partial charge in [-0.25, -0.2) is 9.59 Å². The molecule has 0 aliphatic carbocycles. The highest BCUT2D eigenvalue weighted by Gasteiger charge is 2.36. The molecule has 0 aliphatic rings. The lowest BCUT2D eigenvalue weighted by Gasteiger charge is -2.30. The van der Waals surface area contributed by atoms with Gasteiger partial charge in [-0.3, -0.25) is 4.79 Å². The third-order valence-corrected chi connectivity index (χ3v) is 7.21. The normalized spacial score (nSPS) is 12.3. The summed E-state index contributed by atoms with van der Waals surface area (Å²) in [5.74, 6) is -2.85. The fraction of sp³-hybridized carbons (Fsp3) is 0.138. The monoisotopic (exact) mass is 578 g/mol. The molecule has 2 heterocycles. The molecule has 0 fully saturated rings. The van der Waals surface area contributed by atoms with Crippen LogP contribution >= 0.6 is 23.2 Å². The summed E-state index contributed by atoms with van der Waals surface area (Å²) in [5, 5.41) is 25.6. The van der Waals surface area contributed by atoms with Crippen LogP contribution in [0.1, 0.15) is 23.9 Å². The molecule has 0 amide bonds. The predicted molar refractivity (Wildman–Crippen MR) is 153 cm³/mol. The van der Waals surface area contributed by atoms with Gasteiger partial charge in [-0.1, -0.05) is 53.5 Å². The van der Waals surface area contributed by atoms with Gasteiger partial charge in [-0.15, -0.1) is 10.2 Å². The molecule has 11 heteroatoms. The van der Waals surface area contributed by atoms with Crippen molar-refractivity contribution < 1.29 is 19.8 Å². The predicted octanol–water partition coefficient (Wildman–Crippen LogP) is 5.15. The van der Waals surface area contributed by atoms with Crippen LogP contribution in [-0.2, 0) is 29.1 Å². The molecule has 2 aromatic heterocycles. The second-order valence-electron chi connectivity index (χ2n) is 9.21. The molecule has 9 nitrogen and oxygen atoms in total. The lowest BCUT2D eigenvalue weighted by atomic mass is 9.74. The van der Waals surface area contributed by atoms with Gasteiger partial charge in [0, 0.05) is 35.6 Å². The Balaban J connectivity index is 0.000000557. The number of halogens is 2. The first-order valence-electron chi connectivity index (χ1n) is 11.9. The number of aromatic nitrogens is 4. The van der Waals surface area contributed by atoms with E-state index in [0.29, 0.717) is 10.0 Å². The maximum Gasteiger partial charge on any atom is 0.414 e. The highest BCUT2D eigenvalue weighted by atomic mass is 35.5. The topological polar surface area (TPSA) is 127 Å². The molecule has 0 saturated heterocycles. The lowest BCUT2D eigenvalue weighted by molar-refractivity contribution is -0.159. The number of nitrogens with zero attached hydrogens (tertiary/aromatic N) is 4. The van der Waals surface area contributed by atoms with Crippen molar-refractivity contribution in [3.63, 3.8) is 0 Å². The number of fused-ring (bicyclic) bond motifs is 1. The van der Waals surface area contributed by atoms with Crippen molar-refractivity contribution in [2.75, 3.05) is 0 Å². The van der Waals surface area contributed by atoms with Gasteiger partial charge in [-0.05, 0) is 65.6 Å². The van der Waals surface area contributed by atoms with Gasteiger partial charge < -0.3 is 19.3 Å². The standard InChI is InChI=1S/C27H22Cl2N4O.C2H2O4/c1-27(26-31-30-16-32(26)2,18-7-10-20(28)11-8-18)19-9-12-24-23(14-19)22(15-25(34)33(24)3)17-5-4-6-21(29)13-17;3-1(4)2(5)6/h4-16H,1-3H3;(H,3,4)(H,5,6). The molecule has 204 valence electrons. The number of hydrogen-bond acceptors (Lipinski definition) is 5. The summed E-state index contributed by atoms with van der Waals surface area (Å²) >= 11 is 12.5. The zero-order valence-corrected chi connectivity index (χ0v) is 23.2. The van der Waals surface area contributed by atoms with Crippen LogP contribution in [0.25, 0.3) is 22.0 Å². The molecule has 40 heavy (non-hydrogen) atoms. The lowest BCUT2D eigenvalue weighted by Crippen LogP contribution is -2.29. The average molecular weight is 579 g/mol. The van der Waals surface area contributed by atoms with Crippen molar-refractivity contribution in [3.8, 4) is 11.1 Å². The minimum absolute atomic E-state index is 0.0796. The fourth-order valence-corrected chi connectivity index (χ4v) is 4.93. The van der Waals surface area contributed by atoms with Gasteiger partial charge in [0.25, 0.3) is 5.56 Å². The van der Waals surface area contributed by atoms with Crippen molar-refractivity contribution >= 4 is 46.0 Å². The van der Waals surface area contributed by atoms with Crippen LogP contribution in [0.3, 0.4) is 0 Å². The molecule has 0 aliphatic heterocycles. The highest BCUT2D eigenvalue weighted by Crippen LogP contribution is 2.40. The number of aryl methyl sites for hydroxylation is 2. The average Bonchev–Trinajstić information content (AvgIpc) is 3.37. The van der Waals surface area contributed by atoms with Crippen LogP contribution < -0.4 is 5.56 Å². The van der Waals surface area contributed by atoms with Crippen molar-refractivity contribution in [2.24, 2.45) is 14.1 Å². The number of benzene rings is 3. The van der Waals surface area contributed by atoms with Crippen LogP contribution in [0.5, 0.6) is 0 Å². The summed E-state index contributed by atoms with van der Waals surface area (Å²) < 4.78 is 3.59. The van der Waals surface area contributed by atoms with E-state index in [1.807, 2.05) is 72.3 Å². The van der Waals surface area contributed by atoms with Crippen LogP contribution in [0.15, 0.2) is 83.9 Å². The molecule has 0 saturated carbocycles. The van der Waals surface area contributed by atoms with E-state index in [1.165, 1.54) is 0 Å². The number of aliphatic carboxylic acids is 2. The van der Waals surface area contributed by atoms with Gasteiger partial charge in [0.15, 0.2) is 0 Å². The van der Waals surface area contributed by atoms with Gasteiger partial charge in [0.1, 0.15) is 12.2 Å². The summed E-state index contributed by atoms with van der Waals surface area (Å²) in [7, 11) is 3.72. The zero-order valence-electron chi connectivity index (χ0n) is 21.7. The number of rotatable bonds is 4. The molecule has 1 unspecified atom stereocenters. The van der Waals surface area contributed by atoms with Gasteiger partial charge >= 0.3 is 11.9 Å². The number of carboxylic acids is 2. The van der Waals surface area contributed by atoms with E-state index in [2.05, 4.69) is 23.2 Å². The van der Waals surface area contributed by atoms with E-state index >= 15 is 0 Å². The second-order valence-corrected chi connectivity index (χ2v) is 10.1. The van der Waals surface area contributed by atoms with E-state index in [0.717, 1.165) is 39.0 Å². The van der Waals surface area contributed by atoms with E-state index in [4.69, 9.17) is 43.0 Å². The first kappa shape index (κ1) is 28.5. The van der Waals surface area contributed by atoms with E-state index in [1.54, 1.807) is 24.0 Å². The smallest absolute Gasteiger partial charge is 0.414 e. The largest absolute Gasteiger partial charge is 0.473 e. The van der Waals surface area contributed by atoms with E-state index < -0.39 is 17.4 Å². The van der Waals surface area contributed by atoms with E-state index in [-0.39, 0.29) is 5.56 Å². The third kappa shape index (κ3) is 5.47. The van der Waals surface area contributed by atoms with Crippen molar-refractivity contribution in [3.05, 3.63) is 116 Å². The Morgan fingerprint density at radius 1 is 0.850 bits per heavy atom. The molecule has 3 aromatic carbocycles. The van der Waals surface area contributed by atoms with Crippen LogP contribution in [0.4, 0.5) is 0 Å². The molecule has 2 N–H and O–H groups in total. The Morgan fingerprint density at radius 3 is 2.08 bits per heavy atom. The molecular weight excluding hydrogens is 555 g/mol.